The molecule has 5 unspecified atom stereocenters. The van der Waals surface area contributed by atoms with Crippen LogP contribution in [0.25, 0.3) is 0 Å². The number of cyclic esters (lactones) is 1. The minimum Gasteiger partial charge on any atom is -0.461 e. The molecule has 7 nitrogen and oxygen atoms in total. The molecule has 4 aliphatic heterocycles. The molecule has 2 saturated heterocycles. The van der Waals surface area contributed by atoms with E-state index in [1.807, 2.05) is 53.5 Å². The first-order valence-electron chi connectivity index (χ1n) is 12.4. The third kappa shape index (κ3) is 3.24. The second-order valence-corrected chi connectivity index (χ2v) is 10.0. The fraction of sp³-hybridized carbons (Fsp3) is 0.519. The van der Waals surface area contributed by atoms with Crippen molar-refractivity contribution < 1.29 is 23.9 Å². The molecule has 1 aliphatic carbocycles. The van der Waals surface area contributed by atoms with Gasteiger partial charge in [0.2, 0.25) is 11.8 Å². The number of esters is 1. The highest BCUT2D eigenvalue weighted by atomic mass is 16.6. The summed E-state index contributed by atoms with van der Waals surface area (Å²) in [4.78, 5) is 44.9. The van der Waals surface area contributed by atoms with Crippen molar-refractivity contribution in [1.82, 2.24) is 9.80 Å². The van der Waals surface area contributed by atoms with Gasteiger partial charge in [-0.05, 0) is 24.5 Å². The van der Waals surface area contributed by atoms with E-state index >= 15 is 0 Å². The van der Waals surface area contributed by atoms with Crippen molar-refractivity contribution in [2.75, 3.05) is 13.2 Å². The molecule has 1 aromatic rings. The van der Waals surface area contributed by atoms with Crippen LogP contribution in [0.5, 0.6) is 0 Å². The van der Waals surface area contributed by atoms with Gasteiger partial charge in [-0.3, -0.25) is 14.4 Å². The zero-order valence-electron chi connectivity index (χ0n) is 19.2. The molecule has 1 aromatic carbocycles. The van der Waals surface area contributed by atoms with Crippen LogP contribution in [0.15, 0.2) is 54.6 Å². The van der Waals surface area contributed by atoms with Crippen LogP contribution in [-0.4, -0.2) is 64.5 Å². The molecule has 3 fully saturated rings. The van der Waals surface area contributed by atoms with Crippen molar-refractivity contribution in [3.05, 3.63) is 60.2 Å². The molecule has 4 heterocycles. The van der Waals surface area contributed by atoms with E-state index in [1.165, 1.54) is 0 Å². The summed E-state index contributed by atoms with van der Waals surface area (Å²) in [7, 11) is 0. The predicted molar refractivity (Wildman–Crippen MR) is 123 cm³/mol. The summed E-state index contributed by atoms with van der Waals surface area (Å²) in [6.07, 6.45) is 11.8. The average molecular weight is 463 g/mol. The van der Waals surface area contributed by atoms with Crippen molar-refractivity contribution in [3.8, 4) is 0 Å². The van der Waals surface area contributed by atoms with Crippen LogP contribution in [-0.2, 0) is 30.4 Å². The van der Waals surface area contributed by atoms with Gasteiger partial charge in [0.1, 0.15) is 24.2 Å². The Kier molecular flexibility index (Phi) is 5.32. The zero-order chi connectivity index (χ0) is 23.3. The van der Waals surface area contributed by atoms with E-state index in [0.29, 0.717) is 13.1 Å². The lowest BCUT2D eigenvalue weighted by atomic mass is 9.78. The molecule has 2 amide bonds. The molecule has 7 heteroatoms. The van der Waals surface area contributed by atoms with Crippen LogP contribution in [0, 0.1) is 11.8 Å². The van der Waals surface area contributed by atoms with Crippen molar-refractivity contribution in [2.45, 2.75) is 62.4 Å². The fourth-order valence-corrected chi connectivity index (χ4v) is 6.65. The number of hydrogen-bond acceptors (Lipinski definition) is 5. The highest BCUT2D eigenvalue weighted by Crippen LogP contribution is 2.54. The standard InChI is InChI=1S/C27H30N2O5/c30-24-22-21-20(13-7-16-33-26(21)32)34-27(22)14-8-15-28(17-18-9-3-1-4-10-18)25(31)23(27)29(24)19-11-5-2-6-12-19/h1,3-4,7-10,13-14,19-23H,2,5-6,11-12,15-17H2. The van der Waals surface area contributed by atoms with Crippen LogP contribution < -0.4 is 0 Å². The zero-order valence-corrected chi connectivity index (χ0v) is 19.2. The van der Waals surface area contributed by atoms with Crippen LogP contribution in [0.3, 0.4) is 0 Å². The van der Waals surface area contributed by atoms with Gasteiger partial charge in [0.25, 0.3) is 0 Å². The number of rotatable bonds is 3. The molecule has 34 heavy (non-hydrogen) atoms. The first-order valence-corrected chi connectivity index (χ1v) is 12.4. The van der Waals surface area contributed by atoms with Crippen molar-refractivity contribution >= 4 is 17.8 Å². The van der Waals surface area contributed by atoms with Gasteiger partial charge in [0, 0.05) is 19.1 Å². The molecule has 6 rings (SSSR count). The maximum absolute atomic E-state index is 14.2. The Balaban J connectivity index is 1.43. The van der Waals surface area contributed by atoms with Gasteiger partial charge in [-0.15, -0.1) is 0 Å². The van der Waals surface area contributed by atoms with Crippen molar-refractivity contribution in [2.24, 2.45) is 11.8 Å². The van der Waals surface area contributed by atoms with Crippen LogP contribution >= 0.6 is 0 Å². The van der Waals surface area contributed by atoms with E-state index in [2.05, 4.69) is 0 Å². The number of nitrogens with zero attached hydrogens (tertiary/aromatic N) is 2. The summed E-state index contributed by atoms with van der Waals surface area (Å²) in [5.41, 5.74) is -0.123. The lowest BCUT2D eigenvalue weighted by Crippen LogP contribution is -2.57. The molecule has 1 spiro atoms. The quantitative estimate of drug-likeness (QED) is 0.510. The lowest BCUT2D eigenvalue weighted by Gasteiger charge is -2.40. The van der Waals surface area contributed by atoms with Gasteiger partial charge in [-0.2, -0.15) is 0 Å². The molecule has 5 aliphatic rings. The molecule has 178 valence electrons. The third-order valence-electron chi connectivity index (χ3n) is 8.12. The van der Waals surface area contributed by atoms with E-state index in [-0.39, 0.29) is 24.5 Å². The molecule has 1 saturated carbocycles. The number of benzene rings is 1. The highest BCUT2D eigenvalue weighted by Gasteiger charge is 2.72. The summed E-state index contributed by atoms with van der Waals surface area (Å²) >= 11 is 0. The number of carbonyl (C=O) groups excluding carboxylic acids is 3. The Hall–Kier alpha value is -2.93. The van der Waals surface area contributed by atoms with Crippen molar-refractivity contribution in [3.63, 3.8) is 0 Å². The van der Waals surface area contributed by atoms with Gasteiger partial charge in [0.15, 0.2) is 0 Å². The second kappa shape index (κ2) is 8.38. The van der Waals surface area contributed by atoms with Gasteiger partial charge < -0.3 is 19.3 Å². The second-order valence-electron chi connectivity index (χ2n) is 10.0. The normalized spacial score (nSPS) is 35.5. The number of ether oxygens (including phenoxy) is 2. The summed E-state index contributed by atoms with van der Waals surface area (Å²) < 4.78 is 12.0. The Bertz CT molecular complexity index is 1050. The smallest absolute Gasteiger partial charge is 0.313 e. The van der Waals surface area contributed by atoms with Gasteiger partial charge in [0.05, 0.1) is 12.0 Å². The summed E-state index contributed by atoms with van der Waals surface area (Å²) in [5, 5.41) is 0. The summed E-state index contributed by atoms with van der Waals surface area (Å²) in [5.74, 6) is -2.15. The molecule has 0 radical (unpaired) electrons. The van der Waals surface area contributed by atoms with Gasteiger partial charge in [-0.1, -0.05) is 67.8 Å². The van der Waals surface area contributed by atoms with Crippen LogP contribution in [0.4, 0.5) is 0 Å². The lowest BCUT2D eigenvalue weighted by molar-refractivity contribution is -0.155. The van der Waals surface area contributed by atoms with E-state index in [4.69, 9.17) is 9.47 Å². The molecule has 0 aromatic heterocycles. The SMILES string of the molecule is O=C1OCC=CC2OC34C=CCN(Cc5ccccc5)C(=O)C3N(C3CCCCC3)C(=O)C4C12. The Morgan fingerprint density at radius 1 is 0.971 bits per heavy atom. The maximum Gasteiger partial charge on any atom is 0.313 e. The Morgan fingerprint density at radius 3 is 2.56 bits per heavy atom. The first-order chi connectivity index (χ1) is 16.6. The fourth-order valence-electron chi connectivity index (χ4n) is 6.65. The van der Waals surface area contributed by atoms with E-state index in [0.717, 1.165) is 37.7 Å². The monoisotopic (exact) mass is 462 g/mol. The van der Waals surface area contributed by atoms with E-state index in [1.54, 1.807) is 11.0 Å². The minimum atomic E-state index is -1.16. The number of likely N-dealkylation sites (tertiary alicyclic amines) is 1. The number of carbonyl (C=O) groups is 3. The van der Waals surface area contributed by atoms with Crippen molar-refractivity contribution in [1.29, 1.82) is 0 Å². The van der Waals surface area contributed by atoms with Crippen LogP contribution in [0.1, 0.15) is 37.7 Å². The molecule has 0 N–H and O–H groups in total. The first kappa shape index (κ1) is 21.6. The molecule has 0 bridgehead atoms. The summed E-state index contributed by atoms with van der Waals surface area (Å²) in [6, 6.07) is 9.10. The Morgan fingerprint density at radius 2 is 1.76 bits per heavy atom. The highest BCUT2D eigenvalue weighted by molar-refractivity contribution is 5.99. The van der Waals surface area contributed by atoms with Gasteiger partial charge >= 0.3 is 5.97 Å². The average Bonchev–Trinajstić information content (AvgIpc) is 3.17. The predicted octanol–water partition coefficient (Wildman–Crippen LogP) is 2.61. The van der Waals surface area contributed by atoms with Gasteiger partial charge in [-0.25, -0.2) is 0 Å². The third-order valence-corrected chi connectivity index (χ3v) is 8.12. The molecular weight excluding hydrogens is 432 g/mol. The molecular formula is C27H30N2O5. The van der Waals surface area contributed by atoms with Crippen LogP contribution in [0.2, 0.25) is 0 Å². The number of fused-ring (bicyclic) bond motifs is 2. The minimum absolute atomic E-state index is 0.0119. The van der Waals surface area contributed by atoms with E-state index in [9.17, 15) is 14.4 Å². The summed E-state index contributed by atoms with van der Waals surface area (Å²) in [6.45, 7) is 1.08. The number of hydrogen-bond donors (Lipinski definition) is 0. The maximum atomic E-state index is 14.2. The largest absolute Gasteiger partial charge is 0.461 e. The number of amides is 2. The molecule has 5 atom stereocenters. The topological polar surface area (TPSA) is 76.2 Å². The Labute approximate surface area is 199 Å². The van der Waals surface area contributed by atoms with E-state index < -0.39 is 35.6 Å².